The van der Waals surface area contributed by atoms with Gasteiger partial charge in [-0.05, 0) is 90.2 Å². The average Bonchev–Trinajstić information content (AvgIpc) is 3.39. The minimum atomic E-state index is -1.35. The summed E-state index contributed by atoms with van der Waals surface area (Å²) < 4.78 is 11.3. The van der Waals surface area contributed by atoms with Crippen LogP contribution in [0.4, 0.5) is 0 Å². The summed E-state index contributed by atoms with van der Waals surface area (Å²) in [6.07, 6.45) is -1.15. The summed E-state index contributed by atoms with van der Waals surface area (Å²) in [5.74, 6) is 2.34. The maximum Gasteiger partial charge on any atom is 0.188 e. The zero-order chi connectivity index (χ0) is 28.8. The van der Waals surface area contributed by atoms with E-state index in [0.717, 1.165) is 56.0 Å². The fraction of sp³-hybridized carbons (Fsp3) is 0.212. The average molecular weight is 585 g/mol. The molecular formula is C33H32N2O4S2. The topological polar surface area (TPSA) is 84.7 Å². The van der Waals surface area contributed by atoms with Crippen molar-refractivity contribution in [3.05, 3.63) is 113 Å². The van der Waals surface area contributed by atoms with Crippen LogP contribution in [-0.2, 0) is 18.8 Å². The van der Waals surface area contributed by atoms with Crippen LogP contribution in [0.25, 0.3) is 20.9 Å². The molecule has 2 aromatic heterocycles. The molecule has 2 N–H and O–H groups in total. The van der Waals surface area contributed by atoms with Crippen molar-refractivity contribution in [2.24, 2.45) is 0 Å². The molecule has 0 saturated carbocycles. The number of thiophene rings is 1. The van der Waals surface area contributed by atoms with E-state index in [1.54, 1.807) is 30.2 Å². The van der Waals surface area contributed by atoms with E-state index in [1.807, 2.05) is 56.3 Å². The van der Waals surface area contributed by atoms with E-state index in [4.69, 9.17) is 19.7 Å². The fourth-order valence-corrected chi connectivity index (χ4v) is 6.64. The van der Waals surface area contributed by atoms with Gasteiger partial charge >= 0.3 is 0 Å². The Morgan fingerprint density at radius 2 is 1.39 bits per heavy atom. The molecule has 3 aromatic carbocycles. The van der Waals surface area contributed by atoms with Crippen molar-refractivity contribution < 1.29 is 19.7 Å². The molecular weight excluding hydrogens is 553 g/mol. The van der Waals surface area contributed by atoms with Crippen LogP contribution in [0.1, 0.15) is 28.1 Å². The molecule has 6 nitrogen and oxygen atoms in total. The van der Waals surface area contributed by atoms with Gasteiger partial charge in [0.25, 0.3) is 0 Å². The van der Waals surface area contributed by atoms with Gasteiger partial charge in [0.15, 0.2) is 11.4 Å². The van der Waals surface area contributed by atoms with Gasteiger partial charge in [-0.15, -0.1) is 11.3 Å². The van der Waals surface area contributed by atoms with Crippen LogP contribution in [0.15, 0.2) is 90.1 Å². The van der Waals surface area contributed by atoms with Crippen LogP contribution in [0.3, 0.4) is 0 Å². The number of hydrogen-bond donors (Lipinski definition) is 2. The monoisotopic (exact) mass is 584 g/mol. The van der Waals surface area contributed by atoms with E-state index in [0.29, 0.717) is 6.61 Å². The van der Waals surface area contributed by atoms with Gasteiger partial charge in [-0.1, -0.05) is 48.2 Å². The lowest BCUT2D eigenvalue weighted by Gasteiger charge is -2.08. The Kier molecular flexibility index (Phi) is 9.36. The summed E-state index contributed by atoms with van der Waals surface area (Å²) in [5.41, 5.74) is 7.42. The Morgan fingerprint density at radius 1 is 0.780 bits per heavy atom. The van der Waals surface area contributed by atoms with Gasteiger partial charge in [-0.3, -0.25) is 0 Å². The van der Waals surface area contributed by atoms with E-state index in [1.165, 1.54) is 15.3 Å². The first-order valence-corrected chi connectivity index (χ1v) is 15.1. The normalized spacial score (nSPS) is 11.2. The molecule has 0 fully saturated rings. The third-order valence-electron chi connectivity index (χ3n) is 6.47. The maximum atomic E-state index is 9.13. The highest BCUT2D eigenvalue weighted by Gasteiger charge is 2.15. The summed E-state index contributed by atoms with van der Waals surface area (Å²) >= 11 is 3.44. The Morgan fingerprint density at radius 3 is 2.02 bits per heavy atom. The third-order valence-corrected chi connectivity index (χ3v) is 8.64. The summed E-state index contributed by atoms with van der Waals surface area (Å²) in [6, 6.07) is 28.3. The zero-order valence-corrected chi connectivity index (χ0v) is 24.8. The number of ether oxygens (including phenoxy) is 2. The number of thioether (sulfide) groups is 1. The summed E-state index contributed by atoms with van der Waals surface area (Å²) in [6.45, 7) is 4.45. The minimum Gasteiger partial charge on any atom is -0.497 e. The third kappa shape index (κ3) is 7.74. The van der Waals surface area contributed by atoms with E-state index < -0.39 is 6.29 Å². The molecule has 0 radical (unpaired) electrons. The van der Waals surface area contributed by atoms with Crippen molar-refractivity contribution in [3.63, 3.8) is 0 Å². The predicted octanol–water partition coefficient (Wildman–Crippen LogP) is 7.22. The van der Waals surface area contributed by atoms with Crippen LogP contribution >= 0.6 is 23.1 Å². The zero-order valence-electron chi connectivity index (χ0n) is 23.2. The number of nitrogens with zero attached hydrogens (tertiary/aromatic N) is 2. The Balaban J connectivity index is 1.33. The standard InChI is InChI=1S/C33H32N2O4S2/c1-21-16-22(2)35-33(34-21)40-20-27-18-30(41-32(27)26-10-14-28(38-3)15-11-26)25-8-4-24(5-9-25)19-39-29-12-6-23(7-13-29)17-31(36)37/h4-16,18,31,36-37H,17,19-20H2,1-3H3. The van der Waals surface area contributed by atoms with E-state index in [2.05, 4.69) is 52.4 Å². The number of aliphatic hydroxyl groups excluding tert-OH is 1. The highest BCUT2D eigenvalue weighted by atomic mass is 32.2. The number of methoxy groups -OCH3 is 1. The Labute approximate surface area is 248 Å². The number of rotatable bonds is 11. The first-order chi connectivity index (χ1) is 19.9. The molecule has 0 spiro atoms. The molecule has 5 aromatic rings. The van der Waals surface area contributed by atoms with Crippen molar-refractivity contribution >= 4 is 23.1 Å². The van der Waals surface area contributed by atoms with Crippen molar-refractivity contribution in [1.29, 1.82) is 0 Å². The highest BCUT2D eigenvalue weighted by molar-refractivity contribution is 7.98. The molecule has 41 heavy (non-hydrogen) atoms. The fourth-order valence-electron chi connectivity index (χ4n) is 4.43. The van der Waals surface area contributed by atoms with Crippen LogP contribution < -0.4 is 9.47 Å². The van der Waals surface area contributed by atoms with Crippen LogP contribution in [0.5, 0.6) is 11.5 Å². The van der Waals surface area contributed by atoms with E-state index in [-0.39, 0.29) is 6.42 Å². The largest absolute Gasteiger partial charge is 0.497 e. The van der Waals surface area contributed by atoms with Gasteiger partial charge in [0.05, 0.1) is 7.11 Å². The minimum absolute atomic E-state index is 0.199. The quantitative estimate of drug-likeness (QED) is 0.0963. The Bertz CT molecular complexity index is 1560. The molecule has 0 aliphatic carbocycles. The van der Waals surface area contributed by atoms with Gasteiger partial charge < -0.3 is 19.7 Å². The molecule has 0 bridgehead atoms. The van der Waals surface area contributed by atoms with Crippen molar-refractivity contribution in [2.45, 2.75) is 44.1 Å². The molecule has 210 valence electrons. The molecule has 0 amide bonds. The summed E-state index contributed by atoms with van der Waals surface area (Å²) in [5, 5.41) is 19.1. The summed E-state index contributed by atoms with van der Waals surface area (Å²) in [4.78, 5) is 11.6. The second-order valence-electron chi connectivity index (χ2n) is 9.73. The van der Waals surface area contributed by atoms with Crippen LogP contribution in [0, 0.1) is 13.8 Å². The second-order valence-corrected chi connectivity index (χ2v) is 11.7. The molecule has 0 unspecified atom stereocenters. The number of aryl methyl sites for hydroxylation is 2. The summed E-state index contributed by atoms with van der Waals surface area (Å²) in [7, 11) is 1.68. The first kappa shape index (κ1) is 28.8. The van der Waals surface area contributed by atoms with E-state index >= 15 is 0 Å². The van der Waals surface area contributed by atoms with Crippen molar-refractivity contribution in [3.8, 4) is 32.4 Å². The number of aliphatic hydroxyl groups is 2. The Hall–Kier alpha value is -3.69. The predicted molar refractivity (Wildman–Crippen MR) is 166 cm³/mol. The number of hydrogen-bond acceptors (Lipinski definition) is 8. The molecule has 0 saturated heterocycles. The lowest BCUT2D eigenvalue weighted by Crippen LogP contribution is -2.07. The number of benzene rings is 3. The van der Waals surface area contributed by atoms with Gasteiger partial charge in [-0.2, -0.15) is 0 Å². The molecule has 5 rings (SSSR count). The first-order valence-electron chi connectivity index (χ1n) is 13.3. The smallest absolute Gasteiger partial charge is 0.188 e. The second kappa shape index (κ2) is 13.3. The SMILES string of the molecule is COc1ccc(-c2sc(-c3ccc(COc4ccc(CC(O)O)cc4)cc3)cc2CSc2nc(C)cc(C)n2)cc1. The molecule has 2 heterocycles. The highest BCUT2D eigenvalue weighted by Crippen LogP contribution is 2.41. The maximum absolute atomic E-state index is 9.13. The lowest BCUT2D eigenvalue weighted by atomic mass is 10.1. The van der Waals surface area contributed by atoms with Crippen molar-refractivity contribution in [2.75, 3.05) is 7.11 Å². The van der Waals surface area contributed by atoms with Gasteiger partial charge in [0.1, 0.15) is 18.1 Å². The lowest BCUT2D eigenvalue weighted by molar-refractivity contribution is -0.0381. The molecule has 8 heteroatoms. The van der Waals surface area contributed by atoms with E-state index in [9.17, 15) is 0 Å². The van der Waals surface area contributed by atoms with Gasteiger partial charge in [0.2, 0.25) is 0 Å². The molecule has 0 atom stereocenters. The number of aromatic nitrogens is 2. The molecule has 0 aliphatic heterocycles. The van der Waals surface area contributed by atoms with Crippen LogP contribution in [0.2, 0.25) is 0 Å². The van der Waals surface area contributed by atoms with Gasteiger partial charge in [-0.25, -0.2) is 9.97 Å². The molecule has 0 aliphatic rings. The van der Waals surface area contributed by atoms with Crippen molar-refractivity contribution in [1.82, 2.24) is 9.97 Å². The van der Waals surface area contributed by atoms with Crippen LogP contribution in [-0.4, -0.2) is 33.6 Å². The van der Waals surface area contributed by atoms with Gasteiger partial charge in [0, 0.05) is 33.3 Å².